The average Bonchev–Trinajstić information content (AvgIpc) is 3.13. The summed E-state index contributed by atoms with van der Waals surface area (Å²) in [4.78, 5) is 0. The van der Waals surface area contributed by atoms with E-state index in [1.807, 2.05) is 0 Å². The van der Waals surface area contributed by atoms with Crippen molar-refractivity contribution in [3.63, 3.8) is 0 Å². The summed E-state index contributed by atoms with van der Waals surface area (Å²) < 4.78 is 34.5. The Morgan fingerprint density at radius 3 is 1.26 bits per heavy atom. The first-order valence-corrected chi connectivity index (χ1v) is 10.6. The highest BCUT2D eigenvalue weighted by molar-refractivity contribution is 6.99. The Hall–Kier alpha value is -0.470. The molecule has 0 bridgehead atoms. The summed E-state index contributed by atoms with van der Waals surface area (Å²) in [6.45, 7) is 16.7. The summed E-state index contributed by atoms with van der Waals surface area (Å²) in [6.07, 6.45) is 1.84. The third-order valence-corrected chi connectivity index (χ3v) is 7.79. The summed E-state index contributed by atoms with van der Waals surface area (Å²) in [7, 11) is -0.589. The van der Waals surface area contributed by atoms with Crippen molar-refractivity contribution in [3.05, 3.63) is 11.4 Å². The summed E-state index contributed by atoms with van der Waals surface area (Å²) in [5.41, 5.74) is 0.607. The molecule has 148 valence electrons. The molecule has 2 unspecified atom stereocenters. The van der Waals surface area contributed by atoms with E-state index < -0.39 is 0 Å². The van der Waals surface area contributed by atoms with Gasteiger partial charge in [-0.3, -0.25) is 0 Å². The molecule has 2 saturated heterocycles. The molecular formula is C18H30B2N2O4S. The number of hydrogen-bond donors (Lipinski definition) is 0. The van der Waals surface area contributed by atoms with Crippen LogP contribution in [0.25, 0.3) is 0 Å². The maximum atomic E-state index is 6.31. The lowest BCUT2D eigenvalue weighted by Gasteiger charge is -2.32. The van der Waals surface area contributed by atoms with E-state index in [0.717, 1.165) is 24.2 Å². The molecule has 0 aromatic carbocycles. The molecule has 0 spiro atoms. The molecule has 0 amide bonds. The van der Waals surface area contributed by atoms with Crippen molar-refractivity contribution < 1.29 is 18.6 Å². The van der Waals surface area contributed by atoms with Crippen LogP contribution in [0, 0.1) is 0 Å². The molecule has 0 radical (unpaired) electrons. The quantitative estimate of drug-likeness (QED) is 0.715. The zero-order chi connectivity index (χ0) is 19.8. The highest BCUT2D eigenvalue weighted by Crippen LogP contribution is 2.49. The average molecular weight is 392 g/mol. The van der Waals surface area contributed by atoms with Crippen molar-refractivity contribution in [1.29, 1.82) is 0 Å². The van der Waals surface area contributed by atoms with Crippen molar-refractivity contribution >= 4 is 26.0 Å². The topological polar surface area (TPSA) is 62.7 Å². The molecule has 3 aliphatic rings. The van der Waals surface area contributed by atoms with Crippen molar-refractivity contribution in [2.45, 2.75) is 102 Å². The molecule has 9 heteroatoms. The van der Waals surface area contributed by atoms with Crippen molar-refractivity contribution in [2.24, 2.45) is 0 Å². The van der Waals surface area contributed by atoms with E-state index in [1.165, 1.54) is 11.7 Å². The molecular weight excluding hydrogens is 362 g/mol. The van der Waals surface area contributed by atoms with E-state index in [9.17, 15) is 0 Å². The van der Waals surface area contributed by atoms with Crippen molar-refractivity contribution in [3.8, 4) is 0 Å². The molecule has 0 N–H and O–H groups in total. The fraction of sp³-hybridized carbons (Fsp3) is 0.889. The van der Waals surface area contributed by atoms with E-state index in [0.29, 0.717) is 0 Å². The molecule has 6 nitrogen and oxygen atoms in total. The fourth-order valence-corrected chi connectivity index (χ4v) is 4.66. The Bertz CT molecular complexity index is 646. The number of hydrogen-bond acceptors (Lipinski definition) is 7. The van der Waals surface area contributed by atoms with Gasteiger partial charge in [-0.05, 0) is 68.2 Å². The minimum Gasteiger partial charge on any atom is -0.403 e. The zero-order valence-electron chi connectivity index (χ0n) is 17.7. The van der Waals surface area contributed by atoms with Crippen LogP contribution in [0.5, 0.6) is 0 Å². The lowest BCUT2D eigenvalue weighted by molar-refractivity contribution is 0.00578. The number of aromatic nitrogens is 2. The van der Waals surface area contributed by atoms with Gasteiger partial charge in [0, 0.05) is 11.6 Å². The molecule has 4 rings (SSSR count). The van der Waals surface area contributed by atoms with Gasteiger partial charge >= 0.3 is 14.2 Å². The molecule has 0 saturated carbocycles. The molecule has 27 heavy (non-hydrogen) atoms. The van der Waals surface area contributed by atoms with Gasteiger partial charge < -0.3 is 18.6 Å². The lowest BCUT2D eigenvalue weighted by atomic mass is 9.56. The summed E-state index contributed by atoms with van der Waals surface area (Å²) >= 11 is 1.26. The number of fused-ring (bicyclic) bond motifs is 1. The van der Waals surface area contributed by atoms with Gasteiger partial charge in [0.15, 0.2) is 0 Å². The number of nitrogens with zero attached hydrogens (tertiary/aromatic N) is 2. The normalized spacial score (nSPS) is 33.3. The first-order valence-electron chi connectivity index (χ1n) is 9.88. The van der Waals surface area contributed by atoms with Crippen LogP contribution < -0.4 is 0 Å². The lowest BCUT2D eigenvalue weighted by Crippen LogP contribution is -2.41. The van der Waals surface area contributed by atoms with Gasteiger partial charge in [-0.15, -0.1) is 0 Å². The van der Waals surface area contributed by atoms with Gasteiger partial charge in [0.2, 0.25) is 0 Å². The second-order valence-electron chi connectivity index (χ2n) is 10.1. The van der Waals surface area contributed by atoms with Gasteiger partial charge in [0.1, 0.15) is 0 Å². The third kappa shape index (κ3) is 3.01. The molecule has 1 aromatic rings. The van der Waals surface area contributed by atoms with Gasteiger partial charge in [0.25, 0.3) is 0 Å². The minimum absolute atomic E-state index is 0.0958. The molecule has 1 aromatic heterocycles. The SMILES string of the molecule is CC1(C)OB(C2CCC(B3OC(C)(C)C(C)(C)O3)c3nsnc32)OC1(C)C. The van der Waals surface area contributed by atoms with Gasteiger partial charge in [0.05, 0.1) is 45.5 Å². The van der Waals surface area contributed by atoms with Gasteiger partial charge in [-0.25, -0.2) is 0 Å². The Balaban J connectivity index is 1.58. The second kappa shape index (κ2) is 6.02. The van der Waals surface area contributed by atoms with E-state index in [4.69, 9.17) is 18.6 Å². The van der Waals surface area contributed by atoms with E-state index in [1.54, 1.807) is 0 Å². The standard InChI is InChI=1S/C18H30B2N2O4S/c1-15(2)16(3,4)24-19(23-15)11-9-10-12(14-13(11)21-27-22-14)20-25-17(5,6)18(7,8)26-20/h11-12H,9-10H2,1-8H3. The molecule has 2 aliphatic heterocycles. The fourth-order valence-electron chi connectivity index (χ4n) is 3.99. The van der Waals surface area contributed by atoms with E-state index >= 15 is 0 Å². The van der Waals surface area contributed by atoms with Crippen LogP contribution in [0.3, 0.4) is 0 Å². The monoisotopic (exact) mass is 392 g/mol. The summed E-state index contributed by atoms with van der Waals surface area (Å²) in [5, 5.41) is 0. The highest BCUT2D eigenvalue weighted by atomic mass is 32.1. The maximum Gasteiger partial charge on any atom is 0.467 e. The smallest absolute Gasteiger partial charge is 0.403 e. The first kappa shape index (κ1) is 19.8. The molecule has 3 heterocycles. The summed E-state index contributed by atoms with van der Waals surface area (Å²) in [5.74, 6) is 0.192. The van der Waals surface area contributed by atoms with Crippen LogP contribution >= 0.6 is 11.7 Å². The largest absolute Gasteiger partial charge is 0.467 e. The maximum absolute atomic E-state index is 6.31. The van der Waals surface area contributed by atoms with E-state index in [2.05, 4.69) is 64.1 Å². The molecule has 2 fully saturated rings. The van der Waals surface area contributed by atoms with Crippen LogP contribution in [0.2, 0.25) is 0 Å². The highest BCUT2D eigenvalue weighted by Gasteiger charge is 2.59. The Morgan fingerprint density at radius 1 is 0.667 bits per heavy atom. The van der Waals surface area contributed by atoms with Crippen LogP contribution in [0.4, 0.5) is 0 Å². The Kier molecular flexibility index (Phi) is 4.42. The Morgan fingerprint density at radius 2 is 0.963 bits per heavy atom. The zero-order valence-corrected chi connectivity index (χ0v) is 18.5. The first-order chi connectivity index (χ1) is 12.3. The second-order valence-corrected chi connectivity index (χ2v) is 10.6. The minimum atomic E-state index is -0.343. The van der Waals surface area contributed by atoms with Crippen LogP contribution in [-0.4, -0.2) is 45.4 Å². The molecule has 1 aliphatic carbocycles. The number of rotatable bonds is 2. The van der Waals surface area contributed by atoms with Crippen LogP contribution in [0.15, 0.2) is 0 Å². The van der Waals surface area contributed by atoms with Crippen LogP contribution in [-0.2, 0) is 18.6 Å². The molecule has 2 atom stereocenters. The van der Waals surface area contributed by atoms with Gasteiger partial charge in [-0.1, -0.05) is 0 Å². The van der Waals surface area contributed by atoms with E-state index in [-0.39, 0.29) is 48.3 Å². The summed E-state index contributed by atoms with van der Waals surface area (Å²) in [6, 6.07) is 0. The van der Waals surface area contributed by atoms with Crippen LogP contribution in [0.1, 0.15) is 91.3 Å². The predicted molar refractivity (Wildman–Crippen MR) is 107 cm³/mol. The van der Waals surface area contributed by atoms with Crippen molar-refractivity contribution in [1.82, 2.24) is 8.75 Å². The third-order valence-electron chi connectivity index (χ3n) is 7.23. The van der Waals surface area contributed by atoms with Crippen molar-refractivity contribution in [2.75, 3.05) is 0 Å². The van der Waals surface area contributed by atoms with Gasteiger partial charge in [-0.2, -0.15) is 8.75 Å². The predicted octanol–water partition coefficient (Wildman–Crippen LogP) is 3.76. The Labute approximate surface area is 167 Å².